The topological polar surface area (TPSA) is 78.8 Å². The molecule has 0 aliphatic heterocycles. The number of hydrogen-bond donors (Lipinski definition) is 1. The van der Waals surface area contributed by atoms with E-state index in [0.717, 1.165) is 37.2 Å². The summed E-state index contributed by atoms with van der Waals surface area (Å²) in [6.07, 6.45) is 6.88. The van der Waals surface area contributed by atoms with Gasteiger partial charge in [0.2, 0.25) is 5.88 Å². The van der Waals surface area contributed by atoms with Crippen LogP contribution in [-0.4, -0.2) is 19.7 Å². The van der Waals surface area contributed by atoms with Gasteiger partial charge in [0.1, 0.15) is 11.6 Å². The lowest BCUT2D eigenvalue weighted by Gasteiger charge is -2.09. The van der Waals surface area contributed by atoms with Crippen LogP contribution in [0.4, 0.5) is 5.82 Å². The van der Waals surface area contributed by atoms with Crippen molar-refractivity contribution in [2.24, 2.45) is 0 Å². The highest BCUT2D eigenvalue weighted by molar-refractivity contribution is 5.46. The quantitative estimate of drug-likeness (QED) is 0.906. The Kier molecular flexibility index (Phi) is 3.30. The second kappa shape index (κ2) is 5.11. The van der Waals surface area contributed by atoms with Crippen LogP contribution in [0, 0.1) is 6.92 Å². The lowest BCUT2D eigenvalue weighted by Crippen LogP contribution is -2.04. The molecule has 20 heavy (non-hydrogen) atoms. The predicted molar refractivity (Wildman–Crippen MR) is 75.7 cm³/mol. The van der Waals surface area contributed by atoms with Crippen LogP contribution in [0.25, 0.3) is 0 Å². The van der Waals surface area contributed by atoms with E-state index in [4.69, 9.17) is 10.5 Å². The lowest BCUT2D eigenvalue weighted by atomic mass is 10.3. The second-order valence-electron chi connectivity index (χ2n) is 5.21. The van der Waals surface area contributed by atoms with Crippen molar-refractivity contribution < 1.29 is 4.74 Å². The van der Waals surface area contributed by atoms with Crippen molar-refractivity contribution in [3.05, 3.63) is 23.8 Å². The van der Waals surface area contributed by atoms with E-state index in [0.29, 0.717) is 23.4 Å². The van der Waals surface area contributed by atoms with Crippen molar-refractivity contribution in [1.29, 1.82) is 0 Å². The van der Waals surface area contributed by atoms with Crippen LogP contribution in [-0.2, 0) is 6.54 Å². The number of anilines is 1. The summed E-state index contributed by atoms with van der Waals surface area (Å²) >= 11 is 0. The Morgan fingerprint density at radius 3 is 2.90 bits per heavy atom. The molecule has 6 nitrogen and oxygen atoms in total. The molecule has 1 fully saturated rings. The van der Waals surface area contributed by atoms with Gasteiger partial charge in [-0.2, -0.15) is 10.1 Å². The lowest BCUT2D eigenvalue weighted by molar-refractivity contribution is 0.453. The van der Waals surface area contributed by atoms with Gasteiger partial charge >= 0.3 is 0 Å². The van der Waals surface area contributed by atoms with E-state index >= 15 is 0 Å². The number of aryl methyl sites for hydroxylation is 1. The van der Waals surface area contributed by atoms with Crippen molar-refractivity contribution in [3.8, 4) is 11.6 Å². The Hall–Kier alpha value is -2.11. The van der Waals surface area contributed by atoms with Crippen molar-refractivity contribution in [2.45, 2.75) is 45.6 Å². The molecular weight excluding hydrogens is 254 g/mol. The average molecular weight is 273 g/mol. The Morgan fingerprint density at radius 1 is 1.40 bits per heavy atom. The zero-order valence-electron chi connectivity index (χ0n) is 11.8. The summed E-state index contributed by atoms with van der Waals surface area (Å²) in [6.45, 7) is 4.86. The monoisotopic (exact) mass is 273 g/mol. The summed E-state index contributed by atoms with van der Waals surface area (Å²) in [5.41, 5.74) is 6.72. The molecule has 0 atom stereocenters. The SMILES string of the molecule is CCCn1cc(Oc2nc(C3CC3)nc(N)c2C)cn1. The van der Waals surface area contributed by atoms with Gasteiger partial charge in [-0.1, -0.05) is 6.92 Å². The zero-order valence-corrected chi connectivity index (χ0v) is 11.8. The maximum absolute atomic E-state index is 5.94. The number of aromatic nitrogens is 4. The Bertz CT molecular complexity index is 618. The number of hydrogen-bond acceptors (Lipinski definition) is 5. The van der Waals surface area contributed by atoms with E-state index in [1.165, 1.54) is 0 Å². The number of nitrogens with two attached hydrogens (primary N) is 1. The van der Waals surface area contributed by atoms with Crippen LogP contribution < -0.4 is 10.5 Å². The van der Waals surface area contributed by atoms with Gasteiger partial charge in [-0.25, -0.2) is 4.98 Å². The molecule has 6 heteroatoms. The molecular formula is C14H19N5O. The largest absolute Gasteiger partial charge is 0.435 e. The minimum absolute atomic E-state index is 0.447. The normalized spacial score (nSPS) is 14.5. The van der Waals surface area contributed by atoms with E-state index in [9.17, 15) is 0 Å². The average Bonchev–Trinajstić information content (AvgIpc) is 3.18. The molecule has 0 unspecified atom stereocenters. The minimum Gasteiger partial charge on any atom is -0.435 e. The third-order valence-electron chi connectivity index (χ3n) is 3.38. The third kappa shape index (κ3) is 2.59. The van der Waals surface area contributed by atoms with Gasteiger partial charge < -0.3 is 10.5 Å². The standard InChI is InChI=1S/C14H19N5O/c1-3-6-19-8-11(7-16-19)20-14-9(2)12(15)17-13(18-14)10-4-5-10/h7-8,10H,3-6H2,1-2H3,(H2,15,17,18). The van der Waals surface area contributed by atoms with Crippen molar-refractivity contribution in [1.82, 2.24) is 19.7 Å². The van der Waals surface area contributed by atoms with Crippen LogP contribution in [0.2, 0.25) is 0 Å². The molecule has 0 aromatic carbocycles. The molecule has 0 saturated heterocycles. The number of nitrogens with zero attached hydrogens (tertiary/aromatic N) is 4. The van der Waals surface area contributed by atoms with Crippen LogP contribution in [0.5, 0.6) is 11.6 Å². The Morgan fingerprint density at radius 2 is 2.20 bits per heavy atom. The van der Waals surface area contributed by atoms with Crippen LogP contribution in [0.15, 0.2) is 12.4 Å². The van der Waals surface area contributed by atoms with Gasteiger partial charge in [0, 0.05) is 12.5 Å². The Labute approximate surface area is 118 Å². The summed E-state index contributed by atoms with van der Waals surface area (Å²) in [5.74, 6) is 2.96. The fraction of sp³-hybridized carbons (Fsp3) is 0.500. The predicted octanol–water partition coefficient (Wildman–Crippen LogP) is 2.64. The molecule has 106 valence electrons. The molecule has 2 N–H and O–H groups in total. The van der Waals surface area contributed by atoms with E-state index in [2.05, 4.69) is 22.0 Å². The van der Waals surface area contributed by atoms with Crippen molar-refractivity contribution in [3.63, 3.8) is 0 Å². The molecule has 3 rings (SSSR count). The van der Waals surface area contributed by atoms with E-state index < -0.39 is 0 Å². The van der Waals surface area contributed by atoms with Gasteiger partial charge in [0.25, 0.3) is 0 Å². The number of nitrogen functional groups attached to an aromatic ring is 1. The highest BCUT2D eigenvalue weighted by Gasteiger charge is 2.28. The molecule has 0 radical (unpaired) electrons. The first-order valence-corrected chi connectivity index (χ1v) is 7.01. The first-order chi connectivity index (χ1) is 9.67. The molecule has 2 heterocycles. The van der Waals surface area contributed by atoms with Gasteiger partial charge in [-0.3, -0.25) is 4.68 Å². The number of ether oxygens (including phenoxy) is 1. The van der Waals surface area contributed by atoms with Gasteiger partial charge in [-0.15, -0.1) is 0 Å². The fourth-order valence-electron chi connectivity index (χ4n) is 2.01. The van der Waals surface area contributed by atoms with Crippen LogP contribution in [0.1, 0.15) is 43.5 Å². The zero-order chi connectivity index (χ0) is 14.1. The third-order valence-corrected chi connectivity index (χ3v) is 3.38. The minimum atomic E-state index is 0.447. The maximum atomic E-state index is 5.94. The van der Waals surface area contributed by atoms with Gasteiger partial charge in [0.05, 0.1) is 18.0 Å². The van der Waals surface area contributed by atoms with Crippen LogP contribution >= 0.6 is 0 Å². The smallest absolute Gasteiger partial charge is 0.227 e. The van der Waals surface area contributed by atoms with Crippen molar-refractivity contribution in [2.75, 3.05) is 5.73 Å². The van der Waals surface area contributed by atoms with Gasteiger partial charge in [0.15, 0.2) is 5.75 Å². The fourth-order valence-corrected chi connectivity index (χ4v) is 2.01. The molecule has 2 aromatic rings. The number of rotatable bonds is 5. The van der Waals surface area contributed by atoms with Crippen LogP contribution in [0.3, 0.4) is 0 Å². The molecule has 1 saturated carbocycles. The van der Waals surface area contributed by atoms with E-state index in [1.54, 1.807) is 6.20 Å². The summed E-state index contributed by atoms with van der Waals surface area (Å²) in [6, 6.07) is 0. The molecule has 2 aromatic heterocycles. The summed E-state index contributed by atoms with van der Waals surface area (Å²) in [7, 11) is 0. The first kappa shape index (κ1) is 12.9. The Balaban J connectivity index is 1.84. The van der Waals surface area contributed by atoms with Crippen molar-refractivity contribution >= 4 is 5.82 Å². The molecule has 0 amide bonds. The molecule has 0 bridgehead atoms. The second-order valence-corrected chi connectivity index (χ2v) is 5.21. The molecule has 1 aliphatic carbocycles. The maximum Gasteiger partial charge on any atom is 0.227 e. The summed E-state index contributed by atoms with van der Waals surface area (Å²) in [4.78, 5) is 8.83. The first-order valence-electron chi connectivity index (χ1n) is 7.01. The molecule has 0 spiro atoms. The highest BCUT2D eigenvalue weighted by atomic mass is 16.5. The molecule has 1 aliphatic rings. The summed E-state index contributed by atoms with van der Waals surface area (Å²) < 4.78 is 7.68. The van der Waals surface area contributed by atoms with E-state index in [-0.39, 0.29) is 0 Å². The summed E-state index contributed by atoms with van der Waals surface area (Å²) in [5, 5.41) is 4.24. The highest BCUT2D eigenvalue weighted by Crippen LogP contribution is 2.40. The van der Waals surface area contributed by atoms with E-state index in [1.807, 2.05) is 17.8 Å². The van der Waals surface area contributed by atoms with Gasteiger partial charge in [-0.05, 0) is 26.2 Å².